The highest BCUT2D eigenvalue weighted by molar-refractivity contribution is 5.96. The summed E-state index contributed by atoms with van der Waals surface area (Å²) in [7, 11) is 3.99. The molecular weight excluding hydrogens is 318 g/mol. The van der Waals surface area contributed by atoms with E-state index >= 15 is 0 Å². The van der Waals surface area contributed by atoms with E-state index in [0.29, 0.717) is 18.6 Å². The Morgan fingerprint density at radius 1 is 1.08 bits per heavy atom. The lowest BCUT2D eigenvalue weighted by atomic mass is 10.00. The molecule has 0 radical (unpaired) electrons. The maximum Gasteiger partial charge on any atom is 0.165 e. The van der Waals surface area contributed by atoms with Crippen LogP contribution in [0, 0.1) is 0 Å². The predicted octanol–water partition coefficient (Wildman–Crippen LogP) is 2.51. The van der Waals surface area contributed by atoms with Gasteiger partial charge in [-0.25, -0.2) is 0 Å². The van der Waals surface area contributed by atoms with Crippen LogP contribution in [-0.2, 0) is 6.42 Å². The lowest BCUT2D eigenvalue weighted by molar-refractivity contribution is 0.0881. The Bertz CT molecular complexity index is 665. The molecular formula is C20H25NO4. The van der Waals surface area contributed by atoms with Gasteiger partial charge >= 0.3 is 0 Å². The SMILES string of the molecule is CN(C)CCOc1ccc(CC(O)CC(=O)c2ccc(O)cc2)cc1. The molecule has 0 fully saturated rings. The van der Waals surface area contributed by atoms with Gasteiger partial charge < -0.3 is 19.8 Å². The molecule has 0 aliphatic rings. The summed E-state index contributed by atoms with van der Waals surface area (Å²) in [4.78, 5) is 14.2. The molecule has 0 spiro atoms. The van der Waals surface area contributed by atoms with E-state index in [2.05, 4.69) is 4.90 Å². The van der Waals surface area contributed by atoms with E-state index in [0.717, 1.165) is 17.9 Å². The van der Waals surface area contributed by atoms with Gasteiger partial charge in [-0.05, 0) is 62.5 Å². The molecule has 0 saturated carbocycles. The minimum atomic E-state index is -0.748. The van der Waals surface area contributed by atoms with Gasteiger partial charge in [0.15, 0.2) is 5.78 Å². The average molecular weight is 343 g/mol. The molecule has 0 aromatic heterocycles. The molecule has 134 valence electrons. The van der Waals surface area contributed by atoms with Crippen molar-refractivity contribution in [2.45, 2.75) is 18.9 Å². The molecule has 2 aromatic carbocycles. The molecule has 0 amide bonds. The first-order chi connectivity index (χ1) is 11.9. The molecule has 2 aromatic rings. The van der Waals surface area contributed by atoms with Crippen LogP contribution in [-0.4, -0.2) is 54.2 Å². The molecule has 1 atom stereocenters. The highest BCUT2D eigenvalue weighted by Crippen LogP contribution is 2.16. The van der Waals surface area contributed by atoms with E-state index in [-0.39, 0.29) is 18.0 Å². The number of Topliss-reactive ketones (excluding diaryl/α,β-unsaturated/α-hetero) is 1. The predicted molar refractivity (Wildman–Crippen MR) is 97.3 cm³/mol. The third kappa shape index (κ3) is 6.57. The molecule has 1 unspecified atom stereocenters. The standard InChI is InChI=1S/C20H25NO4/c1-21(2)11-12-25-19-9-3-15(4-10-19)13-18(23)14-20(24)16-5-7-17(22)8-6-16/h3-10,18,22-23H,11-14H2,1-2H3. The van der Waals surface area contributed by atoms with Gasteiger partial charge in [0.25, 0.3) is 0 Å². The second-order valence-corrected chi connectivity index (χ2v) is 6.33. The van der Waals surface area contributed by atoms with Crippen LogP contribution in [0.15, 0.2) is 48.5 Å². The zero-order valence-corrected chi connectivity index (χ0v) is 14.7. The molecule has 0 bridgehead atoms. The number of carbonyl (C=O) groups excluding carboxylic acids is 1. The summed E-state index contributed by atoms with van der Waals surface area (Å²) < 4.78 is 5.63. The second kappa shape index (κ2) is 9.20. The van der Waals surface area contributed by atoms with Gasteiger partial charge in [-0.3, -0.25) is 4.79 Å². The molecule has 0 heterocycles. The minimum absolute atomic E-state index is 0.0475. The number of nitrogens with zero attached hydrogens (tertiary/aromatic N) is 1. The summed E-state index contributed by atoms with van der Waals surface area (Å²) in [6.45, 7) is 1.47. The number of hydrogen-bond acceptors (Lipinski definition) is 5. The molecule has 0 aliphatic heterocycles. The average Bonchev–Trinajstić information content (AvgIpc) is 2.56. The Kier molecular flexibility index (Phi) is 6.98. The van der Waals surface area contributed by atoms with E-state index in [1.54, 1.807) is 12.1 Å². The Hall–Kier alpha value is -2.37. The van der Waals surface area contributed by atoms with Gasteiger partial charge in [-0.2, -0.15) is 0 Å². The number of benzene rings is 2. The van der Waals surface area contributed by atoms with E-state index in [1.165, 1.54) is 12.1 Å². The third-order valence-corrected chi connectivity index (χ3v) is 3.81. The van der Waals surface area contributed by atoms with Crippen LogP contribution in [0.4, 0.5) is 0 Å². The van der Waals surface area contributed by atoms with Crippen LogP contribution in [0.2, 0.25) is 0 Å². The van der Waals surface area contributed by atoms with E-state index in [1.807, 2.05) is 38.4 Å². The second-order valence-electron chi connectivity index (χ2n) is 6.33. The summed E-state index contributed by atoms with van der Waals surface area (Å²) in [5, 5.41) is 19.4. The number of hydrogen-bond donors (Lipinski definition) is 2. The number of aliphatic hydroxyl groups is 1. The van der Waals surface area contributed by atoms with Gasteiger partial charge in [0.2, 0.25) is 0 Å². The topological polar surface area (TPSA) is 70.0 Å². The number of ketones is 1. The number of ether oxygens (including phenoxy) is 1. The number of carbonyl (C=O) groups is 1. The van der Waals surface area contributed by atoms with Crippen molar-refractivity contribution in [3.05, 3.63) is 59.7 Å². The van der Waals surface area contributed by atoms with E-state index in [9.17, 15) is 15.0 Å². The maximum atomic E-state index is 12.1. The van der Waals surface area contributed by atoms with Crippen molar-refractivity contribution < 1.29 is 19.7 Å². The van der Waals surface area contributed by atoms with Crippen molar-refractivity contribution in [3.63, 3.8) is 0 Å². The van der Waals surface area contributed by atoms with Crippen LogP contribution in [0.3, 0.4) is 0 Å². The quantitative estimate of drug-likeness (QED) is 0.685. The molecule has 2 N–H and O–H groups in total. The normalized spacial score (nSPS) is 12.2. The number of phenolic OH excluding ortho intramolecular Hbond substituents is 1. The third-order valence-electron chi connectivity index (χ3n) is 3.81. The van der Waals surface area contributed by atoms with Gasteiger partial charge in [-0.15, -0.1) is 0 Å². The lowest BCUT2D eigenvalue weighted by Gasteiger charge is -2.12. The fourth-order valence-electron chi connectivity index (χ4n) is 2.39. The first-order valence-corrected chi connectivity index (χ1v) is 8.31. The Morgan fingerprint density at radius 3 is 2.32 bits per heavy atom. The van der Waals surface area contributed by atoms with Gasteiger partial charge in [0.05, 0.1) is 6.10 Å². The van der Waals surface area contributed by atoms with Crippen molar-refractivity contribution in [3.8, 4) is 11.5 Å². The fourth-order valence-corrected chi connectivity index (χ4v) is 2.39. The fraction of sp³-hybridized carbons (Fsp3) is 0.350. The van der Waals surface area contributed by atoms with Crippen molar-refractivity contribution >= 4 is 5.78 Å². The minimum Gasteiger partial charge on any atom is -0.508 e. The zero-order chi connectivity index (χ0) is 18.2. The lowest BCUT2D eigenvalue weighted by Crippen LogP contribution is -2.19. The molecule has 0 saturated heterocycles. The largest absolute Gasteiger partial charge is 0.508 e. The van der Waals surface area contributed by atoms with Crippen molar-refractivity contribution in [2.75, 3.05) is 27.2 Å². The Balaban J connectivity index is 1.82. The van der Waals surface area contributed by atoms with Crippen molar-refractivity contribution in [1.82, 2.24) is 4.90 Å². The number of aromatic hydroxyl groups is 1. The molecule has 25 heavy (non-hydrogen) atoms. The highest BCUT2D eigenvalue weighted by atomic mass is 16.5. The molecule has 5 heteroatoms. The van der Waals surface area contributed by atoms with Crippen molar-refractivity contribution in [1.29, 1.82) is 0 Å². The Labute approximate surface area is 148 Å². The van der Waals surface area contributed by atoms with Crippen LogP contribution >= 0.6 is 0 Å². The van der Waals surface area contributed by atoms with Gasteiger partial charge in [0, 0.05) is 18.5 Å². The number of rotatable bonds is 9. The van der Waals surface area contributed by atoms with Gasteiger partial charge in [0.1, 0.15) is 18.1 Å². The number of phenols is 1. The van der Waals surface area contributed by atoms with Crippen LogP contribution < -0.4 is 4.74 Å². The summed E-state index contributed by atoms with van der Waals surface area (Å²) in [6.07, 6.45) is -0.296. The number of likely N-dealkylation sites (N-methyl/N-ethyl adjacent to an activating group) is 1. The first-order valence-electron chi connectivity index (χ1n) is 8.31. The monoisotopic (exact) mass is 343 g/mol. The maximum absolute atomic E-state index is 12.1. The van der Waals surface area contributed by atoms with Crippen molar-refractivity contribution in [2.24, 2.45) is 0 Å². The van der Waals surface area contributed by atoms with Crippen LogP contribution in [0.1, 0.15) is 22.3 Å². The molecule has 0 aliphatic carbocycles. The van der Waals surface area contributed by atoms with E-state index in [4.69, 9.17) is 4.74 Å². The smallest absolute Gasteiger partial charge is 0.165 e. The van der Waals surface area contributed by atoms with Gasteiger partial charge in [-0.1, -0.05) is 12.1 Å². The summed E-state index contributed by atoms with van der Waals surface area (Å²) >= 11 is 0. The summed E-state index contributed by atoms with van der Waals surface area (Å²) in [6, 6.07) is 13.6. The zero-order valence-electron chi connectivity index (χ0n) is 14.7. The molecule has 2 rings (SSSR count). The van der Waals surface area contributed by atoms with E-state index < -0.39 is 6.10 Å². The highest BCUT2D eigenvalue weighted by Gasteiger charge is 2.13. The first kappa shape index (κ1) is 19.0. The van der Waals surface area contributed by atoms with Crippen LogP contribution in [0.5, 0.6) is 11.5 Å². The summed E-state index contributed by atoms with van der Waals surface area (Å²) in [5.41, 5.74) is 1.44. The Morgan fingerprint density at radius 2 is 1.72 bits per heavy atom. The molecule has 5 nitrogen and oxygen atoms in total. The van der Waals surface area contributed by atoms with Crippen LogP contribution in [0.25, 0.3) is 0 Å². The summed E-state index contributed by atoms with van der Waals surface area (Å²) in [5.74, 6) is 0.765. The number of aliphatic hydroxyl groups excluding tert-OH is 1.